The number of halogens is 21. The van der Waals surface area contributed by atoms with Crippen LogP contribution in [0.2, 0.25) is 5.54 Å². The maximum atomic E-state index is 14.2. The average molecular weight is 1250 g/mol. The van der Waals surface area contributed by atoms with Crippen LogP contribution in [-0.4, -0.2) is 88.3 Å². The monoisotopic (exact) mass is 1250 g/mol. The molecule has 0 heterocycles. The molecule has 0 saturated heterocycles. The molecule has 10 rings (SSSR count). The Bertz CT molecular complexity index is 2060. The second kappa shape index (κ2) is 22.2. The Kier molecular flexibility index (Phi) is 18.4. The Balaban J connectivity index is 0.000000182. The molecular weight excluding hydrogens is 1180 g/mol. The Labute approximate surface area is 463 Å². The van der Waals surface area contributed by atoms with Gasteiger partial charge in [-0.1, -0.05) is 27.7 Å². The molecule has 12 atom stereocenters. The van der Waals surface area contributed by atoms with Crippen molar-refractivity contribution in [2.45, 2.75) is 209 Å². The van der Waals surface area contributed by atoms with Crippen LogP contribution >= 0.6 is 33.2 Å². The highest BCUT2D eigenvalue weighted by Crippen LogP contribution is 2.65. The standard InChI is InChI=1S/C27H38F6O3.C14H20F6O.C11H13Cl3F6OSi/c1-14(2)21-10-17-5-18(22(21)11-17)12-25(26(28,29)30,27(31,32)33)35-13-23(34)36-24(3)19-6-15-4-16(8-19)9-20(24)7-15;1-7(2)10-4-8-3-9(11(10)5-8)6-12(21,13(15,16)17)14(18,19)20;12-22(13,14)8-3-5-1-6(7(8)2-5)4-9(21,10(15,16)17)11(18,19)20/h14-22H,4-13H2,1-3H3;7-11,21H,3-6H2,1-2H3;5-8,21H,1-4H2. The molecule has 0 aliphatic heterocycles. The highest BCUT2D eigenvalue weighted by Gasteiger charge is 2.75. The number of hydrogen-bond donors (Lipinski definition) is 2. The molecule has 12 unspecified atom stereocenters. The molecule has 460 valence electrons. The summed E-state index contributed by atoms with van der Waals surface area (Å²) in [7, 11) is 0. The van der Waals surface area contributed by atoms with Crippen LogP contribution in [0.5, 0.6) is 0 Å². The van der Waals surface area contributed by atoms with Crippen molar-refractivity contribution in [2.24, 2.45) is 101 Å². The van der Waals surface area contributed by atoms with Crippen LogP contribution in [0.3, 0.4) is 0 Å². The third-order valence-corrected chi connectivity index (χ3v) is 25.1. The van der Waals surface area contributed by atoms with Gasteiger partial charge >= 0.3 is 49.0 Å². The number of aliphatic hydroxyl groups is 2. The van der Waals surface area contributed by atoms with E-state index in [1.54, 1.807) is 6.92 Å². The number of esters is 1. The van der Waals surface area contributed by atoms with Gasteiger partial charge in [0.05, 0.1) is 0 Å². The molecule has 0 spiro atoms. The van der Waals surface area contributed by atoms with Gasteiger partial charge in [-0.15, -0.1) is 33.2 Å². The van der Waals surface area contributed by atoms with Gasteiger partial charge in [-0.2, -0.15) is 79.0 Å². The summed E-state index contributed by atoms with van der Waals surface area (Å²) < 4.78 is 249. The number of rotatable bonds is 13. The smallest absolute Gasteiger partial charge is 0.426 e. The molecule has 10 aliphatic carbocycles. The molecule has 10 fully saturated rings. The molecule has 10 saturated carbocycles. The Hall–Kier alpha value is -0.823. The number of fused-ring (bicyclic) bond motifs is 6. The van der Waals surface area contributed by atoms with Gasteiger partial charge in [0.2, 0.25) is 0 Å². The minimum Gasteiger partial charge on any atom is -0.457 e. The number of ether oxygens (including phenoxy) is 2. The third kappa shape index (κ3) is 12.7. The highest BCUT2D eigenvalue weighted by molar-refractivity contribution is 7.65. The summed E-state index contributed by atoms with van der Waals surface area (Å²) in [5.74, 6) is -1.89. The van der Waals surface area contributed by atoms with Crippen molar-refractivity contribution in [1.82, 2.24) is 0 Å². The normalized spacial score (nSPS) is 37.5. The van der Waals surface area contributed by atoms with Crippen LogP contribution in [0.4, 0.5) is 79.0 Å². The second-order valence-corrected chi connectivity index (χ2v) is 35.3. The lowest BCUT2D eigenvalue weighted by atomic mass is 9.50. The lowest BCUT2D eigenvalue weighted by Crippen LogP contribution is -2.61. The van der Waals surface area contributed by atoms with E-state index in [-0.39, 0.29) is 71.5 Å². The fourth-order valence-electron chi connectivity index (χ4n) is 17.5. The van der Waals surface area contributed by atoms with E-state index in [9.17, 15) is 94.0 Å². The van der Waals surface area contributed by atoms with Gasteiger partial charge in [-0.3, -0.25) is 0 Å². The first-order valence-corrected chi connectivity index (χ1v) is 32.5. The summed E-state index contributed by atoms with van der Waals surface area (Å²) in [4.78, 5) is 12.8. The number of carbonyl (C=O) groups excluding carboxylic acids is 1. The van der Waals surface area contributed by atoms with Crippen molar-refractivity contribution in [3.63, 3.8) is 0 Å². The fraction of sp³-hybridized carbons (Fsp3) is 0.981. The van der Waals surface area contributed by atoms with Crippen molar-refractivity contribution < 1.29 is 104 Å². The molecule has 0 radical (unpaired) electrons. The Morgan fingerprint density at radius 3 is 1.13 bits per heavy atom. The van der Waals surface area contributed by atoms with E-state index in [4.69, 9.17) is 42.7 Å². The van der Waals surface area contributed by atoms with Crippen LogP contribution < -0.4 is 0 Å². The van der Waals surface area contributed by atoms with Crippen molar-refractivity contribution in [3.05, 3.63) is 0 Å². The number of hydrogen-bond acceptors (Lipinski definition) is 5. The molecule has 0 aromatic heterocycles. The van der Waals surface area contributed by atoms with Crippen LogP contribution in [-0.2, 0) is 14.3 Å². The van der Waals surface area contributed by atoms with Gasteiger partial charge in [-0.25, -0.2) is 4.79 Å². The summed E-state index contributed by atoms with van der Waals surface area (Å²) in [6, 6.07) is -3.21. The van der Waals surface area contributed by atoms with Gasteiger partial charge in [0.25, 0.3) is 16.8 Å². The summed E-state index contributed by atoms with van der Waals surface area (Å²) >= 11 is 17.7. The van der Waals surface area contributed by atoms with E-state index >= 15 is 0 Å². The molecule has 27 heteroatoms. The van der Waals surface area contributed by atoms with Crippen LogP contribution in [0, 0.1) is 101 Å². The summed E-state index contributed by atoms with van der Waals surface area (Å²) in [5.41, 5.74) is -15.0. The zero-order valence-electron chi connectivity index (χ0n) is 44.2. The molecule has 0 amide bonds. The topological polar surface area (TPSA) is 76.0 Å². The Morgan fingerprint density at radius 2 is 0.810 bits per heavy atom. The van der Waals surface area contributed by atoms with Crippen LogP contribution in [0.25, 0.3) is 0 Å². The first-order chi connectivity index (χ1) is 35.7. The lowest BCUT2D eigenvalue weighted by Gasteiger charge is -2.59. The minimum atomic E-state index is -5.79. The summed E-state index contributed by atoms with van der Waals surface area (Å²) in [6.07, 6.45) is -28.5. The van der Waals surface area contributed by atoms with E-state index in [2.05, 4.69) is 0 Å². The first-order valence-electron chi connectivity index (χ1n) is 27.4. The molecule has 0 aromatic carbocycles. The van der Waals surface area contributed by atoms with E-state index in [1.807, 2.05) is 27.7 Å². The molecule has 10 aliphatic rings. The van der Waals surface area contributed by atoms with E-state index < -0.39 is 127 Å². The molecule has 0 aromatic rings. The Morgan fingerprint density at radius 1 is 0.481 bits per heavy atom. The minimum absolute atomic E-state index is 0.0335. The maximum absolute atomic E-state index is 14.2. The zero-order chi connectivity index (χ0) is 59.6. The van der Waals surface area contributed by atoms with Gasteiger partial charge < -0.3 is 19.7 Å². The predicted molar refractivity (Wildman–Crippen MR) is 257 cm³/mol. The first kappa shape index (κ1) is 65.7. The average Bonchev–Trinajstić information content (AvgIpc) is 4.14. The van der Waals surface area contributed by atoms with Crippen molar-refractivity contribution in [2.75, 3.05) is 6.61 Å². The summed E-state index contributed by atoms with van der Waals surface area (Å²) in [6.45, 7) is 8.29. The van der Waals surface area contributed by atoms with E-state index in [0.29, 0.717) is 50.4 Å². The van der Waals surface area contributed by atoms with Gasteiger partial charge in [0.1, 0.15) is 12.2 Å². The number of alkyl halides is 18. The molecule has 10 bridgehead atoms. The maximum Gasteiger partial charge on any atom is 0.426 e. The third-order valence-electron chi connectivity index (χ3n) is 21.1. The number of carbonyl (C=O) groups is 1. The molecule has 5 nitrogen and oxygen atoms in total. The van der Waals surface area contributed by atoms with Crippen molar-refractivity contribution in [1.29, 1.82) is 0 Å². The van der Waals surface area contributed by atoms with E-state index in [1.165, 1.54) is 6.42 Å². The SMILES string of the molecule is CC(C)C1CC2CC(CC(O)(C(F)(F)F)C(F)(F)F)C1C2.CC(C)C1CC2CC(CC(OCC(=O)OC3(C)C4CC5CC(C4)CC3C5)(C(F)(F)F)C(F)(F)F)C1C2.OC(CC1CC2CC1C([Si](Cl)(Cl)Cl)C2)(C(F)(F)F)C(F)(F)F. The molecular formula is C52H71Cl3F18O5Si. The van der Waals surface area contributed by atoms with Crippen LogP contribution in [0.15, 0.2) is 0 Å². The molecule has 79 heavy (non-hydrogen) atoms. The van der Waals surface area contributed by atoms with Gasteiger partial charge in [0, 0.05) is 0 Å². The van der Waals surface area contributed by atoms with Crippen molar-refractivity contribution >= 4 is 45.2 Å². The lowest BCUT2D eigenvalue weighted by molar-refractivity contribution is -0.385. The largest absolute Gasteiger partial charge is 0.457 e. The van der Waals surface area contributed by atoms with Gasteiger partial charge in [0.15, 0.2) is 0 Å². The zero-order valence-corrected chi connectivity index (χ0v) is 47.4. The molecule has 2 N–H and O–H groups in total. The fourth-order valence-corrected chi connectivity index (χ4v) is 21.2. The van der Waals surface area contributed by atoms with E-state index in [0.717, 1.165) is 38.5 Å². The highest BCUT2D eigenvalue weighted by atomic mass is 35.8. The quantitative estimate of drug-likeness (QED) is 0.0832. The second-order valence-electron chi connectivity index (χ2n) is 26.4. The summed E-state index contributed by atoms with van der Waals surface area (Å²) in [5, 5.41) is 18.7. The van der Waals surface area contributed by atoms with Crippen LogP contribution in [0.1, 0.15) is 144 Å². The van der Waals surface area contributed by atoms with Gasteiger partial charge in [-0.05, 0) is 222 Å². The predicted octanol–water partition coefficient (Wildman–Crippen LogP) is 17.2. The van der Waals surface area contributed by atoms with Crippen molar-refractivity contribution in [3.8, 4) is 0 Å².